The summed E-state index contributed by atoms with van der Waals surface area (Å²) in [5.41, 5.74) is 7.44. The monoisotopic (exact) mass is 257 g/mol. The van der Waals surface area contributed by atoms with E-state index in [1.165, 1.54) is 6.20 Å². The maximum Gasteiger partial charge on any atom is 0.250 e. The van der Waals surface area contributed by atoms with Gasteiger partial charge in [-0.3, -0.25) is 4.79 Å². The summed E-state index contributed by atoms with van der Waals surface area (Å²) >= 11 is 0. The number of aromatic nitrogens is 1. The molecule has 1 amide bonds. The van der Waals surface area contributed by atoms with E-state index in [1.54, 1.807) is 12.1 Å². The first kappa shape index (κ1) is 13.0. The second-order valence-corrected chi connectivity index (χ2v) is 4.13. The Hall–Kier alpha value is -2.40. The van der Waals surface area contributed by atoms with Crippen LogP contribution in [0.25, 0.3) is 0 Å². The minimum Gasteiger partial charge on any atom is -0.392 e. The Labute approximate surface area is 111 Å². The number of hydrogen-bond acceptors (Lipinski definition) is 4. The molecule has 5 nitrogen and oxygen atoms in total. The van der Waals surface area contributed by atoms with Gasteiger partial charge < -0.3 is 16.2 Å². The molecule has 0 aliphatic carbocycles. The Morgan fingerprint density at radius 2 is 2.05 bits per heavy atom. The topological polar surface area (TPSA) is 88.2 Å². The standard InChI is InChI=1S/C14H15N3O2/c15-14(19)12-4-5-13(17-8-12)16-7-10-2-1-3-11(6-10)9-18/h1-6,8,18H,7,9H2,(H2,15,19)(H,16,17). The zero-order chi connectivity index (χ0) is 13.7. The van der Waals surface area contributed by atoms with Crippen molar-refractivity contribution in [2.45, 2.75) is 13.2 Å². The van der Waals surface area contributed by atoms with Crippen molar-refractivity contribution in [1.82, 2.24) is 4.98 Å². The molecule has 0 spiro atoms. The fourth-order valence-electron chi connectivity index (χ4n) is 1.67. The number of nitrogens with one attached hydrogen (secondary N) is 1. The van der Waals surface area contributed by atoms with Gasteiger partial charge in [-0.1, -0.05) is 24.3 Å². The highest BCUT2D eigenvalue weighted by Gasteiger charge is 2.01. The van der Waals surface area contributed by atoms with E-state index in [0.29, 0.717) is 17.9 Å². The van der Waals surface area contributed by atoms with Crippen LogP contribution in [0.1, 0.15) is 21.5 Å². The first-order valence-electron chi connectivity index (χ1n) is 5.87. The van der Waals surface area contributed by atoms with Gasteiger partial charge in [-0.2, -0.15) is 0 Å². The van der Waals surface area contributed by atoms with E-state index in [9.17, 15) is 4.79 Å². The summed E-state index contributed by atoms with van der Waals surface area (Å²) in [6, 6.07) is 11.0. The molecule has 2 rings (SSSR count). The van der Waals surface area contributed by atoms with Gasteiger partial charge in [0.2, 0.25) is 5.91 Å². The van der Waals surface area contributed by atoms with Crippen LogP contribution in [-0.2, 0) is 13.2 Å². The molecule has 1 heterocycles. The maximum absolute atomic E-state index is 10.9. The van der Waals surface area contributed by atoms with E-state index in [1.807, 2.05) is 24.3 Å². The van der Waals surface area contributed by atoms with Crippen molar-refractivity contribution in [2.24, 2.45) is 5.73 Å². The lowest BCUT2D eigenvalue weighted by Crippen LogP contribution is -2.11. The lowest BCUT2D eigenvalue weighted by Gasteiger charge is -2.07. The Morgan fingerprint density at radius 3 is 2.68 bits per heavy atom. The molecule has 0 saturated heterocycles. The second kappa shape index (κ2) is 5.97. The minimum absolute atomic E-state index is 0.0272. The number of anilines is 1. The van der Waals surface area contributed by atoms with Gasteiger partial charge >= 0.3 is 0 Å². The van der Waals surface area contributed by atoms with Gasteiger partial charge in [0.15, 0.2) is 0 Å². The fraction of sp³-hybridized carbons (Fsp3) is 0.143. The summed E-state index contributed by atoms with van der Waals surface area (Å²) in [5.74, 6) is 0.175. The molecular formula is C14H15N3O2. The molecule has 19 heavy (non-hydrogen) atoms. The van der Waals surface area contributed by atoms with Gasteiger partial charge in [-0.05, 0) is 23.3 Å². The zero-order valence-electron chi connectivity index (χ0n) is 10.3. The van der Waals surface area contributed by atoms with E-state index in [0.717, 1.165) is 11.1 Å². The number of aliphatic hydroxyl groups is 1. The normalized spacial score (nSPS) is 10.2. The third kappa shape index (κ3) is 3.53. The number of nitrogens with two attached hydrogens (primary N) is 1. The van der Waals surface area contributed by atoms with Gasteiger partial charge in [0, 0.05) is 12.7 Å². The van der Waals surface area contributed by atoms with Crippen molar-refractivity contribution in [3.63, 3.8) is 0 Å². The molecule has 0 bridgehead atoms. The van der Waals surface area contributed by atoms with Crippen LogP contribution < -0.4 is 11.1 Å². The molecule has 0 aliphatic heterocycles. The number of aliphatic hydroxyl groups excluding tert-OH is 1. The predicted molar refractivity (Wildman–Crippen MR) is 72.4 cm³/mol. The Balaban J connectivity index is 1.99. The van der Waals surface area contributed by atoms with Crippen molar-refractivity contribution < 1.29 is 9.90 Å². The number of benzene rings is 1. The van der Waals surface area contributed by atoms with Gasteiger partial charge in [0.25, 0.3) is 0 Å². The summed E-state index contributed by atoms with van der Waals surface area (Å²) in [4.78, 5) is 15.0. The maximum atomic E-state index is 10.9. The van der Waals surface area contributed by atoms with Crippen molar-refractivity contribution >= 4 is 11.7 Å². The fourth-order valence-corrected chi connectivity index (χ4v) is 1.67. The van der Waals surface area contributed by atoms with E-state index in [-0.39, 0.29) is 6.61 Å². The van der Waals surface area contributed by atoms with Crippen LogP contribution in [0.4, 0.5) is 5.82 Å². The van der Waals surface area contributed by atoms with Crippen LogP contribution in [0.15, 0.2) is 42.6 Å². The highest BCUT2D eigenvalue weighted by Crippen LogP contribution is 2.09. The first-order valence-corrected chi connectivity index (χ1v) is 5.87. The van der Waals surface area contributed by atoms with Crippen LogP contribution in [0.5, 0.6) is 0 Å². The summed E-state index contributed by atoms with van der Waals surface area (Å²) in [6.07, 6.45) is 1.44. The smallest absolute Gasteiger partial charge is 0.250 e. The predicted octanol–water partition coefficient (Wildman–Crippen LogP) is 1.28. The lowest BCUT2D eigenvalue weighted by molar-refractivity contribution is 0.1000. The molecule has 1 aromatic carbocycles. The molecular weight excluding hydrogens is 242 g/mol. The largest absolute Gasteiger partial charge is 0.392 e. The van der Waals surface area contributed by atoms with Crippen molar-refractivity contribution in [1.29, 1.82) is 0 Å². The molecule has 0 saturated carbocycles. The van der Waals surface area contributed by atoms with Crippen molar-refractivity contribution in [2.75, 3.05) is 5.32 Å². The molecule has 4 N–H and O–H groups in total. The molecule has 0 atom stereocenters. The summed E-state index contributed by atoms with van der Waals surface area (Å²) in [6.45, 7) is 0.621. The molecule has 98 valence electrons. The average Bonchev–Trinajstić information content (AvgIpc) is 2.46. The number of carbonyl (C=O) groups is 1. The summed E-state index contributed by atoms with van der Waals surface area (Å²) in [5, 5.41) is 12.2. The van der Waals surface area contributed by atoms with Crippen molar-refractivity contribution in [3.05, 3.63) is 59.3 Å². The Bertz CT molecular complexity index is 567. The van der Waals surface area contributed by atoms with Crippen molar-refractivity contribution in [3.8, 4) is 0 Å². The SMILES string of the molecule is NC(=O)c1ccc(NCc2cccc(CO)c2)nc1. The number of rotatable bonds is 5. The van der Waals surface area contributed by atoms with Crippen LogP contribution >= 0.6 is 0 Å². The summed E-state index contributed by atoms with van der Waals surface area (Å²) in [7, 11) is 0. The third-order valence-corrected chi connectivity index (χ3v) is 2.70. The number of hydrogen-bond donors (Lipinski definition) is 3. The van der Waals surface area contributed by atoms with E-state index >= 15 is 0 Å². The highest BCUT2D eigenvalue weighted by molar-refractivity contribution is 5.92. The molecule has 2 aromatic rings. The highest BCUT2D eigenvalue weighted by atomic mass is 16.3. The molecule has 0 aliphatic rings. The number of nitrogens with zero attached hydrogens (tertiary/aromatic N) is 1. The summed E-state index contributed by atoms with van der Waals surface area (Å²) < 4.78 is 0. The number of carbonyl (C=O) groups excluding carboxylic acids is 1. The molecule has 0 fully saturated rings. The van der Waals surface area contributed by atoms with Gasteiger partial charge in [-0.15, -0.1) is 0 Å². The first-order chi connectivity index (χ1) is 9.19. The average molecular weight is 257 g/mol. The molecule has 0 radical (unpaired) electrons. The lowest BCUT2D eigenvalue weighted by atomic mass is 10.1. The third-order valence-electron chi connectivity index (χ3n) is 2.70. The Kier molecular flexibility index (Phi) is 4.10. The van der Waals surface area contributed by atoms with E-state index < -0.39 is 5.91 Å². The van der Waals surface area contributed by atoms with Crippen LogP contribution in [0.3, 0.4) is 0 Å². The number of pyridine rings is 1. The molecule has 0 unspecified atom stereocenters. The van der Waals surface area contributed by atoms with Gasteiger partial charge in [0.05, 0.1) is 12.2 Å². The van der Waals surface area contributed by atoms with Gasteiger partial charge in [0.1, 0.15) is 5.82 Å². The van der Waals surface area contributed by atoms with Gasteiger partial charge in [-0.25, -0.2) is 4.98 Å². The molecule has 1 aromatic heterocycles. The Morgan fingerprint density at radius 1 is 1.26 bits per heavy atom. The quantitative estimate of drug-likeness (QED) is 0.753. The second-order valence-electron chi connectivity index (χ2n) is 4.13. The van der Waals surface area contributed by atoms with E-state index in [2.05, 4.69) is 10.3 Å². The zero-order valence-corrected chi connectivity index (χ0v) is 10.3. The van der Waals surface area contributed by atoms with Crippen LogP contribution in [0, 0.1) is 0 Å². The number of amides is 1. The van der Waals surface area contributed by atoms with Crippen LogP contribution in [-0.4, -0.2) is 16.0 Å². The molecule has 5 heteroatoms. The minimum atomic E-state index is -0.491. The van der Waals surface area contributed by atoms with Crippen LogP contribution in [0.2, 0.25) is 0 Å². The van der Waals surface area contributed by atoms with E-state index in [4.69, 9.17) is 10.8 Å². The number of primary amides is 1.